The van der Waals surface area contributed by atoms with Gasteiger partial charge in [0.15, 0.2) is 6.61 Å². The van der Waals surface area contributed by atoms with Gasteiger partial charge >= 0.3 is 54.6 Å². The molecule has 0 radical (unpaired) electrons. The number of hydrogen-bond donors (Lipinski definition) is 0. The molecule has 0 N–H and O–H groups in total. The molecule has 3 atom stereocenters. The van der Waals surface area contributed by atoms with E-state index in [-0.39, 0.29) is 27.2 Å². The third kappa shape index (κ3) is 14.8. The zero-order chi connectivity index (χ0) is 36.4. The molecule has 0 aliphatic heterocycles. The normalized spacial score (nSPS) is 16.1. The Labute approximate surface area is 248 Å². The molecule has 0 amide bonds. The second-order valence-electron chi connectivity index (χ2n) is 7.37. The average molecular weight is 736 g/mol. The van der Waals surface area contributed by atoms with E-state index in [1.165, 1.54) is 11.0 Å². The van der Waals surface area contributed by atoms with Crippen LogP contribution in [0.25, 0.3) is 0 Å². The molecule has 0 aromatic carbocycles. The van der Waals surface area contributed by atoms with Crippen molar-refractivity contribution in [3.63, 3.8) is 0 Å². The van der Waals surface area contributed by atoms with E-state index in [9.17, 15) is 87.8 Å². The molecule has 0 aliphatic carbocycles. The first-order valence-corrected chi connectivity index (χ1v) is 10.4. The number of hydrogen-bond acceptors (Lipinski definition) is 4. The molecule has 0 bridgehead atoms. The predicted molar refractivity (Wildman–Crippen MR) is 120 cm³/mol. The van der Waals surface area contributed by atoms with Crippen molar-refractivity contribution in [3.05, 3.63) is 38.3 Å². The van der Waals surface area contributed by atoms with Crippen molar-refractivity contribution >= 4 is 0 Å². The van der Waals surface area contributed by atoms with Gasteiger partial charge in [-0.1, -0.05) is 41.5 Å². The number of allylic oxidation sites excluding steroid dienone is 1. The fraction of sp³-hybridized carbons (Fsp3) is 0.727. The Hall–Kier alpha value is -2.66. The monoisotopic (exact) mass is 736 g/mol. The maximum Gasteiger partial charge on any atom is 0.462 e. The fourth-order valence-electron chi connectivity index (χ4n) is 1.55. The standard InChI is InChI=1S/C11H5F17O3.C6H12O.C3H3F3.2CH4/c1-2-29-3-4(12,7(16,17)18)30-11(27,28)6(15,9(22,23)24)31-10(25,26)5(13,14)8(19,20)21;1-4-6(3)7-5-2;1-2-3(4,5)6;;/h2H,1,3H2;5-6H,2,4H2,1,3H3;2H,1H2;2*1H4. The lowest BCUT2D eigenvalue weighted by atomic mass is 10.2. The average Bonchev–Trinajstić information content (AvgIpc) is 2.80. The maximum absolute atomic E-state index is 13.7. The van der Waals surface area contributed by atoms with E-state index in [1.807, 2.05) is 11.7 Å². The van der Waals surface area contributed by atoms with Crippen molar-refractivity contribution in [2.45, 2.75) is 95.8 Å². The van der Waals surface area contributed by atoms with E-state index in [0.29, 0.717) is 6.10 Å². The van der Waals surface area contributed by atoms with Crippen LogP contribution in [0.2, 0.25) is 0 Å². The maximum atomic E-state index is 13.7. The van der Waals surface area contributed by atoms with E-state index in [2.05, 4.69) is 31.4 Å². The lowest BCUT2D eigenvalue weighted by Gasteiger charge is -2.40. The van der Waals surface area contributed by atoms with Crippen LogP contribution in [0.5, 0.6) is 0 Å². The molecule has 0 heterocycles. The van der Waals surface area contributed by atoms with Crippen molar-refractivity contribution in [1.82, 2.24) is 0 Å². The summed E-state index contributed by atoms with van der Waals surface area (Å²) in [5.74, 6) is -21.9. The first kappa shape index (κ1) is 52.9. The van der Waals surface area contributed by atoms with Crippen LogP contribution in [-0.4, -0.2) is 67.3 Å². The summed E-state index contributed by atoms with van der Waals surface area (Å²) in [6.45, 7) is 9.60. The zero-order valence-electron chi connectivity index (χ0n) is 21.5. The molecule has 0 rings (SSSR count). The molecule has 0 saturated heterocycles. The van der Waals surface area contributed by atoms with E-state index in [1.54, 1.807) is 0 Å². The van der Waals surface area contributed by atoms with Gasteiger partial charge in [0.1, 0.15) is 0 Å². The number of alkyl halides is 20. The first-order valence-electron chi connectivity index (χ1n) is 10.4. The van der Waals surface area contributed by atoms with Crippen molar-refractivity contribution in [1.29, 1.82) is 0 Å². The Bertz CT molecular complexity index is 894. The van der Waals surface area contributed by atoms with E-state index < -0.39 is 61.2 Å². The Balaban J connectivity index is -0.000000311. The summed E-state index contributed by atoms with van der Waals surface area (Å²) in [6.07, 6.45) is -39.3. The van der Waals surface area contributed by atoms with E-state index in [0.717, 1.165) is 6.42 Å². The minimum atomic E-state index is -7.89. The lowest BCUT2D eigenvalue weighted by molar-refractivity contribution is -0.552. The molecule has 0 spiro atoms. The summed E-state index contributed by atoms with van der Waals surface area (Å²) in [5, 5.41) is 0. The number of ether oxygens (including phenoxy) is 4. The molecular formula is C22H28F20O4. The Kier molecular flexibility index (Phi) is 20.7. The highest BCUT2D eigenvalue weighted by atomic mass is 19.4. The van der Waals surface area contributed by atoms with Crippen LogP contribution >= 0.6 is 0 Å². The van der Waals surface area contributed by atoms with Crippen molar-refractivity contribution in [3.8, 4) is 0 Å². The fourth-order valence-corrected chi connectivity index (χ4v) is 1.55. The Morgan fingerprint density at radius 1 is 0.587 bits per heavy atom. The van der Waals surface area contributed by atoms with E-state index in [4.69, 9.17) is 4.74 Å². The first-order chi connectivity index (χ1) is 19.1. The van der Waals surface area contributed by atoms with Crippen molar-refractivity contribution < 1.29 is 107 Å². The van der Waals surface area contributed by atoms with Gasteiger partial charge in [0.05, 0.1) is 18.6 Å². The Morgan fingerprint density at radius 2 is 0.978 bits per heavy atom. The van der Waals surface area contributed by atoms with Gasteiger partial charge in [0, 0.05) is 6.08 Å². The largest absolute Gasteiger partial charge is 0.499 e. The van der Waals surface area contributed by atoms with Gasteiger partial charge in [-0.25, -0.2) is 0 Å². The second kappa shape index (κ2) is 18.0. The van der Waals surface area contributed by atoms with E-state index >= 15 is 0 Å². The molecule has 0 saturated carbocycles. The number of rotatable bonds is 12. The molecule has 0 aromatic heterocycles. The lowest BCUT2D eigenvalue weighted by Crippen LogP contribution is -2.67. The summed E-state index contributed by atoms with van der Waals surface area (Å²) < 4.78 is 260. The van der Waals surface area contributed by atoms with Crippen molar-refractivity contribution in [2.24, 2.45) is 0 Å². The molecule has 3 unspecified atom stereocenters. The molecule has 0 aromatic rings. The molecule has 0 aliphatic rings. The van der Waals surface area contributed by atoms with Gasteiger partial charge in [0.2, 0.25) is 0 Å². The minimum absolute atomic E-state index is 0. The molecular weight excluding hydrogens is 708 g/mol. The molecule has 24 heteroatoms. The van der Waals surface area contributed by atoms with Crippen LogP contribution in [0.3, 0.4) is 0 Å². The highest BCUT2D eigenvalue weighted by molar-refractivity contribution is 4.95. The van der Waals surface area contributed by atoms with Crippen LogP contribution in [-0.2, 0) is 18.9 Å². The highest BCUT2D eigenvalue weighted by Gasteiger charge is 2.85. The van der Waals surface area contributed by atoms with Gasteiger partial charge in [-0.05, 0) is 13.3 Å². The summed E-state index contributed by atoms with van der Waals surface area (Å²) in [6, 6.07) is 0. The summed E-state index contributed by atoms with van der Waals surface area (Å²) in [7, 11) is 0. The van der Waals surface area contributed by atoms with Crippen LogP contribution in [0.4, 0.5) is 87.8 Å². The minimum Gasteiger partial charge on any atom is -0.499 e. The third-order valence-corrected chi connectivity index (χ3v) is 3.96. The molecule has 280 valence electrons. The zero-order valence-corrected chi connectivity index (χ0v) is 21.5. The molecule has 0 fully saturated rings. The Morgan fingerprint density at radius 3 is 1.20 bits per heavy atom. The van der Waals surface area contributed by atoms with Crippen LogP contribution in [0.15, 0.2) is 38.3 Å². The quantitative estimate of drug-likeness (QED) is 0.114. The van der Waals surface area contributed by atoms with Crippen LogP contribution in [0, 0.1) is 0 Å². The topological polar surface area (TPSA) is 36.9 Å². The second-order valence-corrected chi connectivity index (χ2v) is 7.37. The third-order valence-electron chi connectivity index (χ3n) is 3.96. The van der Waals surface area contributed by atoms with Crippen molar-refractivity contribution in [2.75, 3.05) is 6.61 Å². The van der Waals surface area contributed by atoms with Gasteiger partial charge in [0.25, 0.3) is 0 Å². The van der Waals surface area contributed by atoms with Gasteiger partial charge in [-0.15, -0.1) is 0 Å². The van der Waals surface area contributed by atoms with Crippen LogP contribution < -0.4 is 0 Å². The smallest absolute Gasteiger partial charge is 0.462 e. The summed E-state index contributed by atoms with van der Waals surface area (Å²) in [4.78, 5) is 0. The predicted octanol–water partition coefficient (Wildman–Crippen LogP) is 11.0. The molecule has 4 nitrogen and oxygen atoms in total. The summed E-state index contributed by atoms with van der Waals surface area (Å²) >= 11 is 0. The summed E-state index contributed by atoms with van der Waals surface area (Å²) in [5.41, 5.74) is 0. The van der Waals surface area contributed by atoms with Gasteiger partial charge in [-0.2, -0.15) is 87.8 Å². The number of halogens is 20. The van der Waals surface area contributed by atoms with Crippen LogP contribution in [0.1, 0.15) is 35.1 Å². The SMILES string of the molecule is C.C.C=CC(F)(F)F.C=COC(C)CC.C=COCC(F)(OC(F)(F)C(F)(OC(F)(F)C(F)(F)C(F)(F)F)C(F)(F)F)C(F)(F)F. The van der Waals surface area contributed by atoms with Gasteiger partial charge < -0.3 is 9.47 Å². The van der Waals surface area contributed by atoms with Gasteiger partial charge in [-0.3, -0.25) is 9.47 Å². The molecule has 46 heavy (non-hydrogen) atoms. The highest BCUT2D eigenvalue weighted by Crippen LogP contribution is 2.56.